The number of aromatic nitrogens is 2. The first kappa shape index (κ1) is 28.0. The van der Waals surface area contributed by atoms with Gasteiger partial charge in [0.1, 0.15) is 11.3 Å². The molecule has 2 aromatic heterocycles. The number of carbonyl (C=O) groups excluding carboxylic acids is 1. The van der Waals surface area contributed by atoms with Crippen molar-refractivity contribution < 1.29 is 23.7 Å². The van der Waals surface area contributed by atoms with Crippen LogP contribution in [0.1, 0.15) is 75.8 Å². The smallest absolute Gasteiger partial charge is 0.343 e. The highest BCUT2D eigenvalue weighted by Crippen LogP contribution is 2.46. The largest absolute Gasteiger partial charge is 0.490 e. The summed E-state index contributed by atoms with van der Waals surface area (Å²) < 4.78 is 24.2. The Morgan fingerprint density at radius 3 is 2.53 bits per heavy atom. The zero-order valence-electron chi connectivity index (χ0n) is 22.1. The van der Waals surface area contributed by atoms with E-state index in [9.17, 15) is 9.59 Å². The van der Waals surface area contributed by atoms with Crippen LogP contribution in [0.5, 0.6) is 11.5 Å². The van der Waals surface area contributed by atoms with E-state index in [0.717, 1.165) is 24.8 Å². The molecular formula is C27H37ClN2O6. The lowest BCUT2D eigenvalue weighted by Gasteiger charge is -2.39. The summed E-state index contributed by atoms with van der Waals surface area (Å²) in [7, 11) is 1.65. The van der Waals surface area contributed by atoms with Gasteiger partial charge in [-0.25, -0.2) is 9.78 Å². The minimum absolute atomic E-state index is 0.0472. The highest BCUT2D eigenvalue weighted by atomic mass is 35.5. The number of hydrogen-bond acceptors (Lipinski definition) is 7. The second kappa shape index (κ2) is 12.1. The third-order valence-electron chi connectivity index (χ3n) is 6.18. The van der Waals surface area contributed by atoms with Crippen LogP contribution in [-0.2, 0) is 15.9 Å². The van der Waals surface area contributed by atoms with Crippen LogP contribution in [0.4, 0.5) is 0 Å². The van der Waals surface area contributed by atoms with Crippen molar-refractivity contribution in [3.63, 3.8) is 0 Å². The Morgan fingerprint density at radius 1 is 1.17 bits per heavy atom. The number of esters is 1. The summed E-state index contributed by atoms with van der Waals surface area (Å²) in [6, 6.07) is 1.81. The van der Waals surface area contributed by atoms with Gasteiger partial charge in [0, 0.05) is 32.4 Å². The average molecular weight is 521 g/mol. The van der Waals surface area contributed by atoms with E-state index >= 15 is 0 Å². The molecular weight excluding hydrogens is 484 g/mol. The van der Waals surface area contributed by atoms with Crippen LogP contribution < -0.4 is 14.9 Å². The Morgan fingerprint density at radius 2 is 1.89 bits per heavy atom. The number of hydrogen-bond donors (Lipinski definition) is 0. The number of methoxy groups -OCH3 is 1. The molecule has 0 fully saturated rings. The summed E-state index contributed by atoms with van der Waals surface area (Å²) in [6.07, 6.45) is 4.59. The summed E-state index contributed by atoms with van der Waals surface area (Å²) in [5, 5.41) is 0.202. The number of pyridine rings is 2. The minimum atomic E-state index is -0.664. The number of ether oxygens (including phenoxy) is 4. The zero-order valence-corrected chi connectivity index (χ0v) is 22.9. The number of fused-ring (bicyclic) bond motifs is 3. The molecule has 36 heavy (non-hydrogen) atoms. The van der Waals surface area contributed by atoms with Crippen molar-refractivity contribution in [1.82, 2.24) is 9.55 Å². The third-order valence-corrected chi connectivity index (χ3v) is 6.45. The number of halogens is 1. The first-order chi connectivity index (χ1) is 17.1. The molecule has 0 saturated heterocycles. The SMILES string of the molecule is CCCCOc1c2n(cc(C(=O)OCC)c1=O)[C@H](C(C)(C)C)Cc1cc(OCCCOC)c(Cl)nc1-2. The first-order valence-corrected chi connectivity index (χ1v) is 12.9. The van der Waals surface area contributed by atoms with Gasteiger partial charge in [0.05, 0.1) is 25.5 Å². The maximum absolute atomic E-state index is 13.5. The van der Waals surface area contributed by atoms with E-state index in [4.69, 9.17) is 30.5 Å². The maximum Gasteiger partial charge on any atom is 0.343 e. The number of rotatable bonds is 11. The molecule has 0 saturated carbocycles. The Hall–Kier alpha value is -2.58. The van der Waals surface area contributed by atoms with Gasteiger partial charge in [-0.05, 0) is 36.8 Å². The minimum Gasteiger partial charge on any atom is -0.490 e. The molecule has 0 bridgehead atoms. The van der Waals surface area contributed by atoms with Gasteiger partial charge < -0.3 is 23.5 Å². The van der Waals surface area contributed by atoms with Crippen LogP contribution in [0, 0.1) is 5.41 Å². The summed E-state index contributed by atoms with van der Waals surface area (Å²) >= 11 is 6.54. The molecule has 0 N–H and O–H groups in total. The quantitative estimate of drug-likeness (QED) is 0.220. The number of carbonyl (C=O) groups is 1. The summed E-state index contributed by atoms with van der Waals surface area (Å²) in [6.45, 7) is 11.7. The topological polar surface area (TPSA) is 88.9 Å². The lowest BCUT2D eigenvalue weighted by Crippen LogP contribution is -2.34. The zero-order chi connectivity index (χ0) is 26.5. The molecule has 1 aliphatic heterocycles. The van der Waals surface area contributed by atoms with Crippen molar-refractivity contribution in [2.24, 2.45) is 5.41 Å². The second-order valence-corrected chi connectivity index (χ2v) is 10.3. The van der Waals surface area contributed by atoms with Crippen LogP contribution >= 0.6 is 11.6 Å². The molecule has 3 rings (SSSR count). The monoisotopic (exact) mass is 520 g/mol. The van der Waals surface area contributed by atoms with E-state index in [1.807, 2.05) is 17.6 Å². The highest BCUT2D eigenvalue weighted by Gasteiger charge is 2.37. The van der Waals surface area contributed by atoms with Gasteiger partial charge in [0.2, 0.25) is 5.43 Å². The molecule has 0 spiro atoms. The Balaban J connectivity index is 2.23. The predicted octanol–water partition coefficient (Wildman–Crippen LogP) is 5.48. The molecule has 1 aliphatic rings. The third kappa shape index (κ3) is 6.03. The molecule has 0 unspecified atom stereocenters. The van der Waals surface area contributed by atoms with Crippen LogP contribution in [0.3, 0.4) is 0 Å². The van der Waals surface area contributed by atoms with Crippen LogP contribution in [0.15, 0.2) is 17.1 Å². The molecule has 1 atom stereocenters. The summed E-state index contributed by atoms with van der Waals surface area (Å²) in [5.41, 5.74) is 1.22. The highest BCUT2D eigenvalue weighted by molar-refractivity contribution is 6.31. The van der Waals surface area contributed by atoms with Gasteiger partial charge in [0.25, 0.3) is 0 Å². The van der Waals surface area contributed by atoms with E-state index in [2.05, 4.69) is 25.8 Å². The van der Waals surface area contributed by atoms with Gasteiger partial charge >= 0.3 is 5.97 Å². The summed E-state index contributed by atoms with van der Waals surface area (Å²) in [5.74, 6) is -0.0736. The second-order valence-electron chi connectivity index (χ2n) is 9.95. The summed E-state index contributed by atoms with van der Waals surface area (Å²) in [4.78, 5) is 30.9. The van der Waals surface area contributed by atoms with Crippen molar-refractivity contribution in [3.8, 4) is 22.9 Å². The van der Waals surface area contributed by atoms with E-state index in [1.54, 1.807) is 20.2 Å². The molecule has 0 aromatic carbocycles. The Labute approximate surface area is 217 Å². The van der Waals surface area contributed by atoms with Gasteiger partial charge in [-0.1, -0.05) is 45.7 Å². The number of nitrogens with zero attached hydrogens (tertiary/aromatic N) is 2. The lowest BCUT2D eigenvalue weighted by atomic mass is 9.79. The Kier molecular flexibility index (Phi) is 9.41. The normalized spacial score (nSPS) is 14.7. The van der Waals surface area contributed by atoms with Crippen molar-refractivity contribution in [3.05, 3.63) is 38.8 Å². The van der Waals surface area contributed by atoms with E-state index in [-0.39, 0.29) is 34.5 Å². The molecule has 8 nitrogen and oxygen atoms in total. The van der Waals surface area contributed by atoms with E-state index in [0.29, 0.717) is 43.4 Å². The van der Waals surface area contributed by atoms with Crippen LogP contribution in [0.25, 0.3) is 11.4 Å². The Bertz CT molecular complexity index is 1140. The molecule has 198 valence electrons. The number of unbranched alkanes of at least 4 members (excludes halogenated alkanes) is 1. The van der Waals surface area contributed by atoms with Gasteiger partial charge in [-0.2, -0.15) is 0 Å². The molecule has 9 heteroatoms. The molecule has 3 heterocycles. The van der Waals surface area contributed by atoms with Crippen molar-refractivity contribution >= 4 is 17.6 Å². The molecule has 0 aliphatic carbocycles. The van der Waals surface area contributed by atoms with Gasteiger partial charge in [-0.3, -0.25) is 4.79 Å². The molecule has 2 aromatic rings. The standard InChI is InChI=1S/C27H37ClN2O6/c1-7-9-12-36-24-22-21-17(14-19(25(28)29-21)35-13-10-11-33-6)15-20(27(3,4)5)30(22)16-18(23(24)31)26(32)34-8-2/h14,16,20H,7-13,15H2,1-6H3/t20-/m0/s1. The van der Waals surface area contributed by atoms with Crippen molar-refractivity contribution in [2.75, 3.05) is 33.5 Å². The van der Waals surface area contributed by atoms with Crippen LogP contribution in [-0.4, -0.2) is 49.1 Å². The first-order valence-electron chi connectivity index (χ1n) is 12.5. The predicted molar refractivity (Wildman–Crippen MR) is 139 cm³/mol. The van der Waals surface area contributed by atoms with E-state index in [1.165, 1.54) is 0 Å². The fraction of sp³-hybridized carbons (Fsp3) is 0.593. The van der Waals surface area contributed by atoms with Crippen molar-refractivity contribution in [2.45, 2.75) is 66.3 Å². The molecule has 0 amide bonds. The van der Waals surface area contributed by atoms with E-state index < -0.39 is 11.4 Å². The maximum atomic E-state index is 13.5. The van der Waals surface area contributed by atoms with Gasteiger partial charge in [-0.15, -0.1) is 0 Å². The fourth-order valence-corrected chi connectivity index (χ4v) is 4.47. The lowest BCUT2D eigenvalue weighted by molar-refractivity contribution is 0.0522. The molecule has 0 radical (unpaired) electrons. The average Bonchev–Trinajstić information content (AvgIpc) is 2.82. The fourth-order valence-electron chi connectivity index (χ4n) is 4.28. The van der Waals surface area contributed by atoms with Crippen molar-refractivity contribution in [1.29, 1.82) is 0 Å². The van der Waals surface area contributed by atoms with Gasteiger partial charge in [0.15, 0.2) is 16.7 Å². The van der Waals surface area contributed by atoms with Crippen LogP contribution in [0.2, 0.25) is 5.15 Å².